The van der Waals surface area contributed by atoms with Crippen molar-refractivity contribution in [3.8, 4) is 5.75 Å². The summed E-state index contributed by atoms with van der Waals surface area (Å²) in [7, 11) is 0. The standard InChI is InChI=1S/C14H15NOS/c16-12-4-1-3-11(9-12)15-14(10-6-7-10)13-5-2-8-17-13/h1-5,8-10,14-16H,6-7H2. The highest BCUT2D eigenvalue weighted by atomic mass is 32.1. The molecular weight excluding hydrogens is 230 g/mol. The summed E-state index contributed by atoms with van der Waals surface area (Å²) in [5.41, 5.74) is 0.996. The van der Waals surface area contributed by atoms with E-state index in [1.807, 2.05) is 12.1 Å². The molecule has 1 aliphatic carbocycles. The minimum atomic E-state index is 0.315. The van der Waals surface area contributed by atoms with Crippen molar-refractivity contribution >= 4 is 17.0 Å². The molecule has 88 valence electrons. The zero-order valence-corrected chi connectivity index (χ0v) is 10.3. The first-order chi connectivity index (χ1) is 8.33. The van der Waals surface area contributed by atoms with Crippen molar-refractivity contribution in [2.45, 2.75) is 18.9 Å². The summed E-state index contributed by atoms with van der Waals surface area (Å²) in [5.74, 6) is 1.06. The number of phenolic OH excluding ortho intramolecular Hbond substituents is 1. The second-order valence-electron chi connectivity index (χ2n) is 4.53. The lowest BCUT2D eigenvalue weighted by Gasteiger charge is -2.18. The zero-order valence-electron chi connectivity index (χ0n) is 9.47. The quantitative estimate of drug-likeness (QED) is 0.852. The summed E-state index contributed by atoms with van der Waals surface area (Å²) in [6.07, 6.45) is 2.60. The van der Waals surface area contributed by atoms with Gasteiger partial charge in [-0.05, 0) is 42.3 Å². The van der Waals surface area contributed by atoms with Crippen molar-refractivity contribution < 1.29 is 5.11 Å². The number of hydrogen-bond acceptors (Lipinski definition) is 3. The fourth-order valence-corrected chi connectivity index (χ4v) is 2.96. The van der Waals surface area contributed by atoms with E-state index in [0.29, 0.717) is 11.8 Å². The van der Waals surface area contributed by atoms with E-state index in [1.165, 1.54) is 17.7 Å². The lowest BCUT2D eigenvalue weighted by molar-refractivity contribution is 0.475. The summed E-state index contributed by atoms with van der Waals surface area (Å²) in [4.78, 5) is 1.39. The highest BCUT2D eigenvalue weighted by Gasteiger charge is 2.32. The van der Waals surface area contributed by atoms with Crippen LogP contribution in [-0.2, 0) is 0 Å². The molecule has 1 aromatic carbocycles. The summed E-state index contributed by atoms with van der Waals surface area (Å²) in [6, 6.07) is 12.0. The average Bonchev–Trinajstić information content (AvgIpc) is 3.01. The number of nitrogens with one attached hydrogen (secondary N) is 1. The Hall–Kier alpha value is -1.48. The second-order valence-corrected chi connectivity index (χ2v) is 5.50. The van der Waals surface area contributed by atoms with Crippen LogP contribution in [0.15, 0.2) is 41.8 Å². The molecule has 1 aromatic heterocycles. The van der Waals surface area contributed by atoms with Crippen molar-refractivity contribution in [2.24, 2.45) is 5.92 Å². The highest BCUT2D eigenvalue weighted by Crippen LogP contribution is 2.44. The third kappa shape index (κ3) is 2.44. The van der Waals surface area contributed by atoms with Crippen LogP contribution in [0, 0.1) is 5.92 Å². The monoisotopic (exact) mass is 245 g/mol. The lowest BCUT2D eigenvalue weighted by atomic mass is 10.1. The van der Waals surface area contributed by atoms with Gasteiger partial charge in [-0.1, -0.05) is 12.1 Å². The number of hydrogen-bond donors (Lipinski definition) is 2. The molecule has 1 unspecified atom stereocenters. The Morgan fingerprint density at radius 1 is 1.24 bits per heavy atom. The molecule has 0 saturated heterocycles. The van der Waals surface area contributed by atoms with Crippen LogP contribution in [0.4, 0.5) is 5.69 Å². The first-order valence-corrected chi connectivity index (χ1v) is 6.80. The maximum atomic E-state index is 9.47. The summed E-state index contributed by atoms with van der Waals surface area (Å²) >= 11 is 1.80. The third-order valence-electron chi connectivity index (χ3n) is 3.11. The van der Waals surface area contributed by atoms with Crippen LogP contribution in [0.3, 0.4) is 0 Å². The normalized spacial score (nSPS) is 16.7. The highest BCUT2D eigenvalue weighted by molar-refractivity contribution is 7.10. The molecule has 2 N–H and O–H groups in total. The van der Waals surface area contributed by atoms with Crippen LogP contribution in [0.1, 0.15) is 23.8 Å². The molecule has 17 heavy (non-hydrogen) atoms. The van der Waals surface area contributed by atoms with E-state index in [1.54, 1.807) is 23.5 Å². The molecule has 1 heterocycles. The SMILES string of the molecule is Oc1cccc(NC(c2cccs2)C2CC2)c1. The van der Waals surface area contributed by atoms with Gasteiger partial charge in [0.15, 0.2) is 0 Å². The number of benzene rings is 1. The molecule has 0 radical (unpaired) electrons. The molecule has 2 aromatic rings. The molecule has 1 saturated carbocycles. The molecule has 1 fully saturated rings. The largest absolute Gasteiger partial charge is 0.508 e. The van der Waals surface area contributed by atoms with E-state index in [4.69, 9.17) is 0 Å². The Bertz CT molecular complexity index is 491. The summed E-state index contributed by atoms with van der Waals surface area (Å²) < 4.78 is 0. The van der Waals surface area contributed by atoms with Gasteiger partial charge in [0.2, 0.25) is 0 Å². The van der Waals surface area contributed by atoms with Gasteiger partial charge in [0, 0.05) is 16.6 Å². The van der Waals surface area contributed by atoms with Gasteiger partial charge < -0.3 is 10.4 Å². The molecule has 0 aliphatic heterocycles. The van der Waals surface area contributed by atoms with Crippen molar-refractivity contribution in [1.82, 2.24) is 0 Å². The van der Waals surface area contributed by atoms with Gasteiger partial charge in [-0.15, -0.1) is 11.3 Å². The van der Waals surface area contributed by atoms with Crippen molar-refractivity contribution in [2.75, 3.05) is 5.32 Å². The molecule has 3 rings (SSSR count). The molecule has 0 bridgehead atoms. The zero-order chi connectivity index (χ0) is 11.7. The average molecular weight is 245 g/mol. The number of phenols is 1. The summed E-state index contributed by atoms with van der Waals surface area (Å²) in [5, 5.41) is 15.1. The van der Waals surface area contributed by atoms with E-state index in [0.717, 1.165) is 11.6 Å². The predicted octanol–water partition coefficient (Wildman–Crippen LogP) is 4.02. The molecule has 1 atom stereocenters. The molecule has 1 aliphatic rings. The Morgan fingerprint density at radius 2 is 2.12 bits per heavy atom. The van der Waals surface area contributed by atoms with Crippen LogP contribution in [0.2, 0.25) is 0 Å². The minimum absolute atomic E-state index is 0.315. The van der Waals surface area contributed by atoms with Gasteiger partial charge in [0.05, 0.1) is 6.04 Å². The van der Waals surface area contributed by atoms with Crippen LogP contribution >= 0.6 is 11.3 Å². The number of aromatic hydroxyl groups is 1. The number of rotatable bonds is 4. The Balaban J connectivity index is 1.81. The third-order valence-corrected chi connectivity index (χ3v) is 4.07. The van der Waals surface area contributed by atoms with Gasteiger partial charge >= 0.3 is 0 Å². The Kier molecular flexibility index (Phi) is 2.77. The molecule has 0 spiro atoms. The first kappa shape index (κ1) is 10.7. The smallest absolute Gasteiger partial charge is 0.117 e. The molecule has 3 heteroatoms. The maximum absolute atomic E-state index is 9.47. The fourth-order valence-electron chi connectivity index (χ4n) is 2.09. The summed E-state index contributed by atoms with van der Waals surface area (Å²) in [6.45, 7) is 0. The van der Waals surface area contributed by atoms with E-state index in [9.17, 15) is 5.11 Å². The van der Waals surface area contributed by atoms with Crippen molar-refractivity contribution in [1.29, 1.82) is 0 Å². The number of anilines is 1. The lowest BCUT2D eigenvalue weighted by Crippen LogP contribution is -2.11. The first-order valence-electron chi connectivity index (χ1n) is 5.92. The van der Waals surface area contributed by atoms with E-state index in [-0.39, 0.29) is 0 Å². The fraction of sp³-hybridized carbons (Fsp3) is 0.286. The minimum Gasteiger partial charge on any atom is -0.508 e. The van der Waals surface area contributed by atoms with Crippen LogP contribution < -0.4 is 5.32 Å². The Labute approximate surface area is 105 Å². The van der Waals surface area contributed by atoms with Gasteiger partial charge in [-0.2, -0.15) is 0 Å². The van der Waals surface area contributed by atoms with Gasteiger partial charge in [-0.3, -0.25) is 0 Å². The van der Waals surface area contributed by atoms with Crippen LogP contribution in [0.25, 0.3) is 0 Å². The molecular formula is C14H15NOS. The van der Waals surface area contributed by atoms with Crippen molar-refractivity contribution in [3.63, 3.8) is 0 Å². The van der Waals surface area contributed by atoms with Gasteiger partial charge in [0.1, 0.15) is 5.75 Å². The topological polar surface area (TPSA) is 32.3 Å². The Morgan fingerprint density at radius 3 is 2.76 bits per heavy atom. The van der Waals surface area contributed by atoms with Gasteiger partial charge in [-0.25, -0.2) is 0 Å². The van der Waals surface area contributed by atoms with E-state index >= 15 is 0 Å². The van der Waals surface area contributed by atoms with E-state index in [2.05, 4.69) is 22.8 Å². The predicted molar refractivity (Wildman–Crippen MR) is 71.5 cm³/mol. The molecule has 2 nitrogen and oxygen atoms in total. The maximum Gasteiger partial charge on any atom is 0.117 e. The second kappa shape index (κ2) is 4.41. The van der Waals surface area contributed by atoms with Crippen LogP contribution in [-0.4, -0.2) is 5.11 Å². The van der Waals surface area contributed by atoms with Gasteiger partial charge in [0.25, 0.3) is 0 Å². The molecule has 0 amide bonds. The van der Waals surface area contributed by atoms with E-state index < -0.39 is 0 Å². The van der Waals surface area contributed by atoms with Crippen LogP contribution in [0.5, 0.6) is 5.75 Å². The van der Waals surface area contributed by atoms with Crippen molar-refractivity contribution in [3.05, 3.63) is 46.7 Å². The number of thiophene rings is 1.